The van der Waals surface area contributed by atoms with Crippen LogP contribution in [0.1, 0.15) is 39.3 Å². The molecule has 0 aliphatic heterocycles. The van der Waals surface area contributed by atoms with Gasteiger partial charge in [-0.2, -0.15) is 0 Å². The Morgan fingerprint density at radius 2 is 1.94 bits per heavy atom. The Kier molecular flexibility index (Phi) is 5.00. The van der Waals surface area contributed by atoms with Gasteiger partial charge in [-0.3, -0.25) is 0 Å². The van der Waals surface area contributed by atoms with Crippen LogP contribution < -0.4 is 4.90 Å². The summed E-state index contributed by atoms with van der Waals surface area (Å²) in [6.45, 7) is 9.36. The fourth-order valence-electron chi connectivity index (χ4n) is 1.56. The summed E-state index contributed by atoms with van der Waals surface area (Å²) >= 11 is 5.81. The first kappa shape index (κ1) is 13.2. The van der Waals surface area contributed by atoms with Gasteiger partial charge in [0, 0.05) is 30.2 Å². The van der Waals surface area contributed by atoms with Crippen molar-refractivity contribution in [3.63, 3.8) is 0 Å². The first-order valence-corrected chi connectivity index (χ1v) is 6.24. The molecule has 0 atom stereocenters. The van der Waals surface area contributed by atoms with E-state index in [0.29, 0.717) is 17.8 Å². The molecule has 0 aliphatic rings. The van der Waals surface area contributed by atoms with Gasteiger partial charge in [0.15, 0.2) is 0 Å². The lowest BCUT2D eigenvalue weighted by Gasteiger charge is -2.27. The van der Waals surface area contributed by atoms with E-state index in [4.69, 9.17) is 11.6 Å². The molecule has 0 unspecified atom stereocenters. The summed E-state index contributed by atoms with van der Waals surface area (Å²) in [5, 5.41) is 0. The number of alkyl halides is 1. The number of hydrogen-bond donors (Lipinski definition) is 0. The van der Waals surface area contributed by atoms with Gasteiger partial charge in [0.2, 0.25) is 0 Å². The minimum atomic E-state index is 0.397. The van der Waals surface area contributed by atoms with Gasteiger partial charge in [-0.05, 0) is 19.8 Å². The van der Waals surface area contributed by atoms with Crippen LogP contribution in [-0.4, -0.2) is 28.4 Å². The molecule has 1 rings (SSSR count). The largest absolute Gasteiger partial charge is 0.353 e. The quantitative estimate of drug-likeness (QED) is 0.742. The molecule has 0 aromatic carbocycles. The fourth-order valence-corrected chi connectivity index (χ4v) is 1.74. The normalized spacial score (nSPS) is 11.2. The summed E-state index contributed by atoms with van der Waals surface area (Å²) < 4.78 is 0. The number of anilines is 1. The average molecular weight is 242 g/mol. The monoisotopic (exact) mass is 241 g/mol. The molecule has 1 aromatic heterocycles. The first-order valence-electron chi connectivity index (χ1n) is 5.70. The Labute approximate surface area is 103 Å². The Balaban J connectivity index is 2.95. The molecule has 0 spiro atoms. The van der Waals surface area contributed by atoms with E-state index in [0.717, 1.165) is 18.1 Å². The molecule has 90 valence electrons. The molecule has 0 bridgehead atoms. The summed E-state index contributed by atoms with van der Waals surface area (Å²) in [5.74, 6) is 2.00. The highest BCUT2D eigenvalue weighted by Gasteiger charge is 2.12. The third-order valence-corrected chi connectivity index (χ3v) is 2.68. The number of nitrogens with zero attached hydrogens (tertiary/aromatic N) is 3. The van der Waals surface area contributed by atoms with Crippen LogP contribution in [0.15, 0.2) is 12.4 Å². The SMILES string of the molecule is CC(C)c1cc(N(CCCl)C(C)C)ncn1. The molecule has 0 amide bonds. The summed E-state index contributed by atoms with van der Waals surface area (Å²) in [6, 6.07) is 2.45. The molecule has 0 fully saturated rings. The molecule has 0 N–H and O–H groups in total. The minimum absolute atomic E-state index is 0.397. The zero-order valence-electron chi connectivity index (χ0n) is 10.4. The zero-order valence-corrected chi connectivity index (χ0v) is 11.2. The lowest BCUT2D eigenvalue weighted by atomic mass is 10.1. The van der Waals surface area contributed by atoms with Crippen LogP contribution in [0.5, 0.6) is 0 Å². The third-order valence-electron chi connectivity index (χ3n) is 2.51. The van der Waals surface area contributed by atoms with Crippen LogP contribution in [-0.2, 0) is 0 Å². The van der Waals surface area contributed by atoms with E-state index < -0.39 is 0 Å². The molecule has 4 heteroatoms. The van der Waals surface area contributed by atoms with Gasteiger partial charge in [-0.15, -0.1) is 11.6 Å². The van der Waals surface area contributed by atoms with Crippen molar-refractivity contribution in [3.8, 4) is 0 Å². The van der Waals surface area contributed by atoms with Gasteiger partial charge < -0.3 is 4.90 Å². The lowest BCUT2D eigenvalue weighted by molar-refractivity contribution is 0.689. The molecule has 0 radical (unpaired) electrons. The van der Waals surface area contributed by atoms with E-state index in [1.165, 1.54) is 0 Å². The second-order valence-corrected chi connectivity index (χ2v) is 4.81. The molecule has 0 aliphatic carbocycles. The predicted molar refractivity (Wildman–Crippen MR) is 69.3 cm³/mol. The van der Waals surface area contributed by atoms with Gasteiger partial charge in [-0.25, -0.2) is 9.97 Å². The average Bonchev–Trinajstić information content (AvgIpc) is 2.25. The van der Waals surface area contributed by atoms with Gasteiger partial charge in [0.25, 0.3) is 0 Å². The van der Waals surface area contributed by atoms with Gasteiger partial charge >= 0.3 is 0 Å². The highest BCUT2D eigenvalue weighted by Crippen LogP contribution is 2.18. The van der Waals surface area contributed by atoms with Crippen molar-refractivity contribution in [1.29, 1.82) is 0 Å². The standard InChI is InChI=1S/C12H20ClN3/c1-9(2)11-7-12(15-8-14-11)16(6-5-13)10(3)4/h7-10H,5-6H2,1-4H3. The van der Waals surface area contributed by atoms with E-state index in [-0.39, 0.29) is 0 Å². The van der Waals surface area contributed by atoms with E-state index in [9.17, 15) is 0 Å². The van der Waals surface area contributed by atoms with Crippen LogP contribution in [0, 0.1) is 0 Å². The van der Waals surface area contributed by atoms with Crippen molar-refractivity contribution in [2.45, 2.75) is 39.7 Å². The maximum absolute atomic E-state index is 5.81. The molecular formula is C12H20ClN3. The van der Waals surface area contributed by atoms with Crippen molar-refractivity contribution in [3.05, 3.63) is 18.1 Å². The first-order chi connectivity index (χ1) is 7.56. The van der Waals surface area contributed by atoms with Crippen molar-refractivity contribution < 1.29 is 0 Å². The van der Waals surface area contributed by atoms with Crippen molar-refractivity contribution >= 4 is 17.4 Å². The Morgan fingerprint density at radius 3 is 2.44 bits per heavy atom. The van der Waals surface area contributed by atoms with E-state index in [1.807, 2.05) is 0 Å². The van der Waals surface area contributed by atoms with Gasteiger partial charge in [-0.1, -0.05) is 13.8 Å². The van der Waals surface area contributed by atoms with Crippen LogP contribution in [0.4, 0.5) is 5.82 Å². The summed E-state index contributed by atoms with van der Waals surface area (Å²) in [7, 11) is 0. The van der Waals surface area contributed by atoms with Crippen molar-refractivity contribution in [1.82, 2.24) is 9.97 Å². The molecule has 1 heterocycles. The summed E-state index contributed by atoms with van der Waals surface area (Å²) in [5.41, 5.74) is 1.07. The van der Waals surface area contributed by atoms with Crippen LogP contribution >= 0.6 is 11.6 Å². The maximum atomic E-state index is 5.81. The second kappa shape index (κ2) is 6.04. The van der Waals surface area contributed by atoms with Crippen LogP contribution in [0.2, 0.25) is 0 Å². The van der Waals surface area contributed by atoms with Crippen LogP contribution in [0.25, 0.3) is 0 Å². The van der Waals surface area contributed by atoms with Crippen molar-refractivity contribution in [2.24, 2.45) is 0 Å². The van der Waals surface area contributed by atoms with Crippen LogP contribution in [0.3, 0.4) is 0 Å². The Bertz CT molecular complexity index is 326. The highest BCUT2D eigenvalue weighted by molar-refractivity contribution is 6.18. The zero-order chi connectivity index (χ0) is 12.1. The minimum Gasteiger partial charge on any atom is -0.353 e. The summed E-state index contributed by atoms with van der Waals surface area (Å²) in [6.07, 6.45) is 1.63. The predicted octanol–water partition coefficient (Wildman–Crippen LogP) is 3.05. The number of hydrogen-bond acceptors (Lipinski definition) is 3. The molecule has 3 nitrogen and oxygen atoms in total. The van der Waals surface area contributed by atoms with Gasteiger partial charge in [0.05, 0.1) is 0 Å². The smallest absolute Gasteiger partial charge is 0.132 e. The second-order valence-electron chi connectivity index (χ2n) is 4.43. The number of halogens is 1. The Hall–Kier alpha value is -0.830. The summed E-state index contributed by atoms with van der Waals surface area (Å²) in [4.78, 5) is 10.8. The molecular weight excluding hydrogens is 222 g/mol. The van der Waals surface area contributed by atoms with Crippen molar-refractivity contribution in [2.75, 3.05) is 17.3 Å². The fraction of sp³-hybridized carbons (Fsp3) is 0.667. The lowest BCUT2D eigenvalue weighted by Crippen LogP contribution is -2.33. The number of rotatable bonds is 5. The van der Waals surface area contributed by atoms with E-state index >= 15 is 0 Å². The molecule has 0 saturated carbocycles. The third kappa shape index (κ3) is 3.34. The molecule has 16 heavy (non-hydrogen) atoms. The maximum Gasteiger partial charge on any atom is 0.132 e. The Morgan fingerprint density at radius 1 is 1.25 bits per heavy atom. The van der Waals surface area contributed by atoms with Gasteiger partial charge in [0.1, 0.15) is 12.1 Å². The topological polar surface area (TPSA) is 29.0 Å². The number of aromatic nitrogens is 2. The molecule has 1 aromatic rings. The highest BCUT2D eigenvalue weighted by atomic mass is 35.5. The van der Waals surface area contributed by atoms with E-state index in [1.54, 1.807) is 6.33 Å². The molecule has 0 saturated heterocycles. The van der Waals surface area contributed by atoms with E-state index in [2.05, 4.69) is 48.6 Å².